The number of carbonyl (C=O) groups excluding carboxylic acids is 2. The minimum Gasteiger partial charge on any atom is -0.289 e. The highest BCUT2D eigenvalue weighted by atomic mass is 32.2. The Kier molecular flexibility index (Phi) is 6.16. The number of benzene rings is 3. The maximum Gasteiger partial charge on any atom is 0.294 e. The summed E-state index contributed by atoms with van der Waals surface area (Å²) in [6.45, 7) is 3.23. The van der Waals surface area contributed by atoms with Gasteiger partial charge in [-0.2, -0.15) is 16.8 Å². The lowest BCUT2D eigenvalue weighted by Gasteiger charge is -2.09. The molecule has 0 radical (unpaired) electrons. The summed E-state index contributed by atoms with van der Waals surface area (Å²) in [6.07, 6.45) is 0. The van der Waals surface area contributed by atoms with E-state index in [0.29, 0.717) is 11.1 Å². The molecule has 0 aromatic heterocycles. The molecule has 0 aliphatic rings. The highest BCUT2D eigenvalue weighted by Crippen LogP contribution is 2.22. The van der Waals surface area contributed by atoms with Crippen LogP contribution in [0, 0.1) is 13.8 Å². The van der Waals surface area contributed by atoms with Gasteiger partial charge < -0.3 is 0 Å². The van der Waals surface area contributed by atoms with Gasteiger partial charge in [0, 0.05) is 22.3 Å². The molecule has 0 atom stereocenters. The quantitative estimate of drug-likeness (QED) is 0.409. The van der Waals surface area contributed by atoms with Crippen molar-refractivity contribution in [2.45, 2.75) is 23.6 Å². The molecule has 2 N–H and O–H groups in total. The molecule has 3 aromatic carbocycles. The van der Waals surface area contributed by atoms with Gasteiger partial charge in [-0.1, -0.05) is 36.4 Å². The molecule has 0 heterocycles. The van der Waals surface area contributed by atoms with Gasteiger partial charge in [0.2, 0.25) is 0 Å². The van der Waals surface area contributed by atoms with E-state index >= 15 is 0 Å². The van der Waals surface area contributed by atoms with Crippen LogP contribution in [0.1, 0.15) is 43.0 Å². The minimum absolute atomic E-state index is 0.0795. The molecule has 0 spiro atoms. The van der Waals surface area contributed by atoms with Crippen LogP contribution in [0.4, 0.5) is 0 Å². The smallest absolute Gasteiger partial charge is 0.289 e. The van der Waals surface area contributed by atoms with Crippen LogP contribution >= 0.6 is 0 Å². The Balaban J connectivity index is 1.96. The summed E-state index contributed by atoms with van der Waals surface area (Å²) >= 11 is 0. The topological polar surface area (TPSA) is 143 Å². The van der Waals surface area contributed by atoms with Crippen molar-refractivity contribution in [1.29, 1.82) is 0 Å². The molecule has 0 saturated heterocycles. The zero-order valence-corrected chi connectivity index (χ0v) is 18.6. The van der Waals surface area contributed by atoms with Gasteiger partial charge in [-0.25, -0.2) is 0 Å². The van der Waals surface area contributed by atoms with E-state index in [4.69, 9.17) is 0 Å². The molecule has 0 amide bonds. The van der Waals surface area contributed by atoms with Crippen LogP contribution in [0.15, 0.2) is 70.5 Å². The predicted octanol–water partition coefficient (Wildman–Crippen LogP) is 3.26. The first-order valence-corrected chi connectivity index (χ1v) is 12.0. The second-order valence-corrected chi connectivity index (χ2v) is 9.98. The Morgan fingerprint density at radius 1 is 0.594 bits per heavy atom. The monoisotopic (exact) mass is 474 g/mol. The van der Waals surface area contributed by atoms with E-state index in [2.05, 4.69) is 0 Å². The lowest BCUT2D eigenvalue weighted by atomic mass is 9.95. The number of rotatable bonds is 6. The summed E-state index contributed by atoms with van der Waals surface area (Å²) in [5.41, 5.74) is 1.52. The molecular formula is C22H18O8S2. The highest BCUT2D eigenvalue weighted by Gasteiger charge is 2.19. The largest absolute Gasteiger partial charge is 0.294 e. The van der Waals surface area contributed by atoms with Gasteiger partial charge in [0.1, 0.15) is 0 Å². The first kappa shape index (κ1) is 23.5. The van der Waals surface area contributed by atoms with Crippen molar-refractivity contribution in [1.82, 2.24) is 0 Å². The molecule has 0 aliphatic carbocycles. The molecule has 0 unspecified atom stereocenters. The predicted molar refractivity (Wildman–Crippen MR) is 115 cm³/mol. The number of hydrogen-bond donors (Lipinski definition) is 2. The molecule has 3 rings (SSSR count). The molecule has 0 saturated carbocycles. The fourth-order valence-corrected chi connectivity index (χ4v) is 4.11. The van der Waals surface area contributed by atoms with Crippen LogP contribution in [-0.4, -0.2) is 37.5 Å². The van der Waals surface area contributed by atoms with Crippen molar-refractivity contribution in [3.8, 4) is 0 Å². The van der Waals surface area contributed by atoms with E-state index in [0.717, 1.165) is 12.1 Å². The third-order valence-corrected chi connectivity index (χ3v) is 6.61. The van der Waals surface area contributed by atoms with Gasteiger partial charge in [0.25, 0.3) is 20.2 Å². The zero-order valence-electron chi connectivity index (χ0n) is 16.9. The molecular weight excluding hydrogens is 456 g/mol. The van der Waals surface area contributed by atoms with Crippen LogP contribution in [0.3, 0.4) is 0 Å². The van der Waals surface area contributed by atoms with E-state index in [9.17, 15) is 35.5 Å². The van der Waals surface area contributed by atoms with Crippen molar-refractivity contribution in [3.05, 3.63) is 94.0 Å². The normalized spacial score (nSPS) is 11.9. The first-order valence-electron chi connectivity index (χ1n) is 9.15. The molecule has 0 bridgehead atoms. The Hall–Kier alpha value is -3.18. The SMILES string of the molecule is Cc1ccc(S(=O)(=O)O)cc1C(=O)c1ccc(C(=O)c2cc(S(=O)(=O)O)ccc2C)cc1. The number of hydrogen-bond acceptors (Lipinski definition) is 6. The average Bonchev–Trinajstić information content (AvgIpc) is 2.72. The van der Waals surface area contributed by atoms with E-state index in [1.165, 1.54) is 48.5 Å². The van der Waals surface area contributed by atoms with Gasteiger partial charge >= 0.3 is 0 Å². The van der Waals surface area contributed by atoms with E-state index in [-0.39, 0.29) is 22.3 Å². The molecule has 8 nitrogen and oxygen atoms in total. The fourth-order valence-electron chi connectivity index (χ4n) is 3.10. The maximum absolute atomic E-state index is 12.9. The highest BCUT2D eigenvalue weighted by molar-refractivity contribution is 7.86. The summed E-state index contributed by atoms with van der Waals surface area (Å²) in [6, 6.07) is 12.9. The summed E-state index contributed by atoms with van der Waals surface area (Å²) in [7, 11) is -8.96. The Morgan fingerprint density at radius 2 is 0.906 bits per heavy atom. The van der Waals surface area contributed by atoms with Gasteiger partial charge in [-0.3, -0.25) is 18.7 Å². The lowest BCUT2D eigenvalue weighted by molar-refractivity contribution is 0.102. The van der Waals surface area contributed by atoms with Crippen molar-refractivity contribution in [3.63, 3.8) is 0 Å². The van der Waals surface area contributed by atoms with Gasteiger partial charge in [-0.15, -0.1) is 0 Å². The Bertz CT molecular complexity index is 1340. The van der Waals surface area contributed by atoms with Gasteiger partial charge in [0.05, 0.1) is 9.79 Å². The average molecular weight is 475 g/mol. The number of carbonyl (C=O) groups is 2. The lowest BCUT2D eigenvalue weighted by Crippen LogP contribution is -2.09. The Morgan fingerprint density at radius 3 is 1.19 bits per heavy atom. The van der Waals surface area contributed by atoms with Gasteiger partial charge in [0.15, 0.2) is 11.6 Å². The van der Waals surface area contributed by atoms with Crippen molar-refractivity contribution < 1.29 is 35.5 Å². The van der Waals surface area contributed by atoms with Gasteiger partial charge in [-0.05, 0) is 49.2 Å². The van der Waals surface area contributed by atoms with Crippen molar-refractivity contribution in [2.75, 3.05) is 0 Å². The molecule has 32 heavy (non-hydrogen) atoms. The second-order valence-electron chi connectivity index (χ2n) is 7.14. The standard InChI is InChI=1S/C22H18O8S2/c1-13-3-9-17(31(25,26)27)11-19(13)21(23)15-5-7-16(8-6-15)22(24)20-12-18(32(28,29)30)10-4-14(20)2/h3-12H,1-2H3,(H,25,26,27)(H,28,29,30). The number of aryl methyl sites for hydroxylation is 2. The van der Waals surface area contributed by atoms with E-state index in [1.54, 1.807) is 13.8 Å². The number of ketones is 2. The first-order chi connectivity index (χ1) is 14.8. The van der Waals surface area contributed by atoms with Crippen LogP contribution < -0.4 is 0 Å². The summed E-state index contributed by atoms with van der Waals surface area (Å²) in [5.74, 6) is -1.01. The fraction of sp³-hybridized carbons (Fsp3) is 0.0909. The van der Waals surface area contributed by atoms with Crippen LogP contribution in [0.25, 0.3) is 0 Å². The van der Waals surface area contributed by atoms with Crippen LogP contribution in [-0.2, 0) is 20.2 Å². The van der Waals surface area contributed by atoms with Crippen molar-refractivity contribution in [2.24, 2.45) is 0 Å². The third kappa shape index (κ3) is 4.83. The summed E-state index contributed by atoms with van der Waals surface area (Å²) in [5, 5.41) is 0. The molecule has 0 fully saturated rings. The molecule has 3 aromatic rings. The van der Waals surface area contributed by atoms with Crippen LogP contribution in [0.5, 0.6) is 0 Å². The van der Waals surface area contributed by atoms with E-state index in [1.807, 2.05) is 0 Å². The maximum atomic E-state index is 12.9. The van der Waals surface area contributed by atoms with Crippen LogP contribution in [0.2, 0.25) is 0 Å². The Labute approximate surface area is 185 Å². The molecule has 0 aliphatic heterocycles. The van der Waals surface area contributed by atoms with E-state index < -0.39 is 41.6 Å². The molecule has 10 heteroatoms. The third-order valence-electron chi connectivity index (χ3n) is 4.91. The van der Waals surface area contributed by atoms with Crippen molar-refractivity contribution >= 4 is 31.8 Å². The summed E-state index contributed by atoms with van der Waals surface area (Å²) in [4.78, 5) is 24.9. The zero-order chi connectivity index (χ0) is 23.8. The minimum atomic E-state index is -4.48. The second kappa shape index (κ2) is 8.40. The summed E-state index contributed by atoms with van der Waals surface area (Å²) < 4.78 is 64.0. The molecule has 166 valence electrons.